The molecular weight excluding hydrogens is 378 g/mol. The number of furan rings is 1. The van der Waals surface area contributed by atoms with Crippen molar-refractivity contribution in [3.63, 3.8) is 0 Å². The summed E-state index contributed by atoms with van der Waals surface area (Å²) in [6, 6.07) is 21.6. The summed E-state index contributed by atoms with van der Waals surface area (Å²) in [6.07, 6.45) is 2.33. The number of rotatable bonds is 7. The molecule has 0 saturated carbocycles. The highest BCUT2D eigenvalue weighted by atomic mass is 16.5. The molecule has 2 heterocycles. The number of hydrogen-bond acceptors (Lipinski definition) is 4. The molecule has 154 valence electrons. The van der Waals surface area contributed by atoms with Gasteiger partial charge in [0.15, 0.2) is 12.3 Å². The van der Waals surface area contributed by atoms with Crippen molar-refractivity contribution in [1.82, 2.24) is 5.01 Å². The molecule has 6 heteroatoms. The first kappa shape index (κ1) is 19.9. The van der Waals surface area contributed by atoms with Crippen LogP contribution in [0.15, 0.2) is 82.5 Å². The molecule has 2 aromatic carbocycles. The minimum Gasteiger partial charge on any atom is -0.497 e. The molecule has 6 nitrogen and oxygen atoms in total. The lowest BCUT2D eigenvalue weighted by Crippen LogP contribution is -2.86. The highest BCUT2D eigenvalue weighted by Crippen LogP contribution is 2.33. The third-order valence-corrected chi connectivity index (χ3v) is 5.41. The fourth-order valence-corrected chi connectivity index (χ4v) is 3.67. The van der Waals surface area contributed by atoms with Crippen molar-refractivity contribution in [2.24, 2.45) is 5.10 Å². The van der Waals surface area contributed by atoms with Gasteiger partial charge in [-0.25, -0.2) is 5.01 Å². The topological polar surface area (TPSA) is 71.7 Å². The Balaban J connectivity index is 1.54. The Labute approximate surface area is 176 Å². The summed E-state index contributed by atoms with van der Waals surface area (Å²) in [4.78, 5) is 13.1. The van der Waals surface area contributed by atoms with Crippen molar-refractivity contribution >= 4 is 11.6 Å². The molecule has 2 atom stereocenters. The molecule has 1 amide bonds. The zero-order chi connectivity index (χ0) is 20.9. The molecule has 2 N–H and O–H groups in total. The second-order valence-corrected chi connectivity index (χ2v) is 7.39. The molecule has 1 aliphatic rings. The summed E-state index contributed by atoms with van der Waals surface area (Å²) in [5.74, 6) is 1.61. The van der Waals surface area contributed by atoms with Gasteiger partial charge in [-0.2, -0.15) is 5.10 Å². The zero-order valence-corrected chi connectivity index (χ0v) is 17.2. The number of methoxy groups -OCH3 is 1. The van der Waals surface area contributed by atoms with Crippen LogP contribution in [0.5, 0.6) is 5.75 Å². The van der Waals surface area contributed by atoms with Gasteiger partial charge in [0, 0.05) is 6.42 Å². The van der Waals surface area contributed by atoms with Gasteiger partial charge in [0.2, 0.25) is 0 Å². The number of carbonyl (C=O) groups is 1. The fourth-order valence-electron chi connectivity index (χ4n) is 3.67. The predicted molar refractivity (Wildman–Crippen MR) is 114 cm³/mol. The predicted octanol–water partition coefficient (Wildman–Crippen LogP) is 3.29. The number of ether oxygens (including phenoxy) is 1. The first-order chi connectivity index (χ1) is 14.7. The van der Waals surface area contributed by atoms with Gasteiger partial charge >= 0.3 is 0 Å². The SMILES string of the molecule is COc1ccc([C@H]2CC(c3ccccc3)=NN2C(=O)C[NH2+][C@@H](C)c2ccco2)cc1. The van der Waals surface area contributed by atoms with Gasteiger partial charge < -0.3 is 14.5 Å². The molecule has 1 aromatic heterocycles. The van der Waals surface area contributed by atoms with Crippen molar-refractivity contribution in [2.45, 2.75) is 25.4 Å². The molecule has 0 radical (unpaired) electrons. The summed E-state index contributed by atoms with van der Waals surface area (Å²) in [7, 11) is 1.65. The van der Waals surface area contributed by atoms with Crippen LogP contribution in [0.3, 0.4) is 0 Å². The van der Waals surface area contributed by atoms with Gasteiger partial charge in [0.05, 0.1) is 25.1 Å². The highest BCUT2D eigenvalue weighted by molar-refractivity contribution is 6.03. The van der Waals surface area contributed by atoms with Crippen LogP contribution < -0.4 is 10.1 Å². The molecule has 0 bridgehead atoms. The lowest BCUT2D eigenvalue weighted by molar-refractivity contribution is -0.685. The van der Waals surface area contributed by atoms with Gasteiger partial charge in [0.25, 0.3) is 5.91 Å². The molecule has 0 saturated heterocycles. The molecule has 30 heavy (non-hydrogen) atoms. The van der Waals surface area contributed by atoms with Crippen LogP contribution in [0.4, 0.5) is 0 Å². The Bertz CT molecular complexity index is 998. The average Bonchev–Trinajstić information content (AvgIpc) is 3.48. The van der Waals surface area contributed by atoms with E-state index in [-0.39, 0.29) is 18.0 Å². The van der Waals surface area contributed by atoms with Crippen molar-refractivity contribution in [1.29, 1.82) is 0 Å². The monoisotopic (exact) mass is 404 g/mol. The maximum atomic E-state index is 13.1. The van der Waals surface area contributed by atoms with E-state index in [1.165, 1.54) is 0 Å². The molecule has 0 unspecified atom stereocenters. The smallest absolute Gasteiger partial charge is 0.298 e. The normalized spacial score (nSPS) is 16.9. The van der Waals surface area contributed by atoms with E-state index in [2.05, 4.69) is 0 Å². The Morgan fingerprint density at radius 2 is 1.93 bits per heavy atom. The minimum absolute atomic E-state index is 0.0276. The van der Waals surface area contributed by atoms with Crippen LogP contribution in [0.2, 0.25) is 0 Å². The fraction of sp³-hybridized carbons (Fsp3) is 0.250. The Morgan fingerprint density at radius 3 is 2.60 bits per heavy atom. The maximum Gasteiger partial charge on any atom is 0.298 e. The zero-order valence-electron chi connectivity index (χ0n) is 17.2. The van der Waals surface area contributed by atoms with Crippen LogP contribution in [-0.2, 0) is 4.79 Å². The molecule has 1 aliphatic heterocycles. The van der Waals surface area contributed by atoms with Gasteiger partial charge in [0.1, 0.15) is 11.8 Å². The van der Waals surface area contributed by atoms with Gasteiger partial charge in [-0.05, 0) is 42.3 Å². The second kappa shape index (κ2) is 8.97. The quantitative estimate of drug-likeness (QED) is 0.657. The lowest BCUT2D eigenvalue weighted by atomic mass is 9.98. The first-order valence-electron chi connectivity index (χ1n) is 10.1. The van der Waals surface area contributed by atoms with E-state index in [1.807, 2.05) is 79.0 Å². The largest absolute Gasteiger partial charge is 0.497 e. The van der Waals surface area contributed by atoms with E-state index in [9.17, 15) is 4.79 Å². The maximum absolute atomic E-state index is 13.1. The molecule has 4 rings (SSSR count). The minimum atomic E-state index is -0.133. The molecule has 3 aromatic rings. The number of hydrogen-bond donors (Lipinski definition) is 1. The Hall–Kier alpha value is -3.38. The molecule has 0 fully saturated rings. The van der Waals surface area contributed by atoms with Crippen molar-refractivity contribution in [3.8, 4) is 5.75 Å². The van der Waals surface area contributed by atoms with Crippen LogP contribution in [0.25, 0.3) is 0 Å². The van der Waals surface area contributed by atoms with E-state index in [1.54, 1.807) is 18.4 Å². The van der Waals surface area contributed by atoms with E-state index in [0.717, 1.165) is 28.3 Å². The van der Waals surface area contributed by atoms with Gasteiger partial charge in [-0.1, -0.05) is 42.5 Å². The van der Waals surface area contributed by atoms with Crippen LogP contribution in [0.1, 0.15) is 42.3 Å². The van der Waals surface area contributed by atoms with E-state index in [0.29, 0.717) is 13.0 Å². The third-order valence-electron chi connectivity index (χ3n) is 5.41. The molecule has 0 aliphatic carbocycles. The summed E-state index contributed by atoms with van der Waals surface area (Å²) in [5.41, 5.74) is 3.00. The van der Waals surface area contributed by atoms with Crippen molar-refractivity contribution in [2.75, 3.05) is 13.7 Å². The highest BCUT2D eigenvalue weighted by Gasteiger charge is 2.34. The van der Waals surface area contributed by atoms with Crippen LogP contribution >= 0.6 is 0 Å². The number of amides is 1. The molecule has 0 spiro atoms. The summed E-state index contributed by atoms with van der Waals surface area (Å²) < 4.78 is 10.7. The number of nitrogens with zero attached hydrogens (tertiary/aromatic N) is 2. The number of hydrazone groups is 1. The molecular formula is C24H26N3O3+. The standard InChI is InChI=1S/C24H25N3O3/c1-17(23-9-6-14-30-23)25-16-24(28)27-22(19-10-12-20(29-2)13-11-19)15-21(26-27)18-7-4-3-5-8-18/h3-14,17,22,25H,15-16H2,1-2H3/p+1/t17-,22+/m0/s1. The van der Waals surface area contributed by atoms with Gasteiger partial charge in [-0.15, -0.1) is 0 Å². The van der Waals surface area contributed by atoms with E-state index >= 15 is 0 Å². The van der Waals surface area contributed by atoms with Crippen LogP contribution in [-0.4, -0.2) is 30.3 Å². The summed E-state index contributed by atoms with van der Waals surface area (Å²) in [6.45, 7) is 2.32. The third kappa shape index (κ3) is 4.28. The van der Waals surface area contributed by atoms with Crippen molar-refractivity contribution < 1.29 is 19.3 Å². The first-order valence-corrected chi connectivity index (χ1v) is 10.1. The second-order valence-electron chi connectivity index (χ2n) is 7.39. The lowest BCUT2D eigenvalue weighted by Gasteiger charge is -2.22. The van der Waals surface area contributed by atoms with Crippen LogP contribution in [0, 0.1) is 0 Å². The number of carbonyl (C=O) groups excluding carboxylic acids is 1. The van der Waals surface area contributed by atoms with Crippen molar-refractivity contribution in [3.05, 3.63) is 89.9 Å². The summed E-state index contributed by atoms with van der Waals surface area (Å²) >= 11 is 0. The Kier molecular flexibility index (Phi) is 5.95. The average molecular weight is 404 g/mol. The summed E-state index contributed by atoms with van der Waals surface area (Å²) in [5, 5.41) is 8.33. The van der Waals surface area contributed by atoms with E-state index in [4.69, 9.17) is 14.3 Å². The number of benzene rings is 2. The van der Waals surface area contributed by atoms with Gasteiger partial charge in [-0.3, -0.25) is 4.79 Å². The van der Waals surface area contributed by atoms with E-state index < -0.39 is 0 Å². The number of quaternary nitrogens is 1. The Morgan fingerprint density at radius 1 is 1.17 bits per heavy atom. The number of nitrogens with two attached hydrogens (primary N) is 1.